The number of fused-ring (bicyclic) bond motifs is 1. The van der Waals surface area contributed by atoms with Gasteiger partial charge in [0, 0.05) is 20.8 Å². The van der Waals surface area contributed by atoms with Gasteiger partial charge in [0.05, 0.1) is 24.1 Å². The van der Waals surface area contributed by atoms with Crippen molar-refractivity contribution in [2.75, 3.05) is 5.32 Å². The second-order valence-corrected chi connectivity index (χ2v) is 7.12. The van der Waals surface area contributed by atoms with E-state index in [9.17, 15) is 0 Å². The number of aromatic nitrogens is 3. The fourth-order valence-corrected chi connectivity index (χ4v) is 4.05. The second-order valence-electron chi connectivity index (χ2n) is 5.32. The summed E-state index contributed by atoms with van der Waals surface area (Å²) in [6, 6.07) is 4.73. The molecule has 0 aliphatic heterocycles. The minimum atomic E-state index is 0.235. The quantitative estimate of drug-likeness (QED) is 0.707. The average Bonchev–Trinajstić information content (AvgIpc) is 3.04. The number of thiophene rings is 1. The van der Waals surface area contributed by atoms with Crippen LogP contribution < -0.4 is 5.32 Å². The van der Waals surface area contributed by atoms with E-state index in [1.807, 2.05) is 17.1 Å². The molecule has 1 atom stereocenters. The first-order valence-corrected chi connectivity index (χ1v) is 8.56. The monoisotopic (exact) mass is 364 g/mol. The van der Waals surface area contributed by atoms with E-state index >= 15 is 0 Å². The summed E-state index contributed by atoms with van der Waals surface area (Å²) in [6.45, 7) is 6.37. The molecule has 3 heterocycles. The molecule has 1 unspecified atom stereocenters. The molecule has 0 radical (unpaired) electrons. The number of pyridine rings is 1. The lowest BCUT2D eigenvalue weighted by Gasteiger charge is -2.14. The maximum Gasteiger partial charge on any atom is 0.158 e. The third-order valence-electron chi connectivity index (χ3n) is 3.34. The van der Waals surface area contributed by atoms with Crippen LogP contribution in [0, 0.1) is 0 Å². The van der Waals surface area contributed by atoms with E-state index in [1.165, 1.54) is 4.88 Å². The Morgan fingerprint density at radius 1 is 1.29 bits per heavy atom. The summed E-state index contributed by atoms with van der Waals surface area (Å²) in [4.78, 5) is 5.83. The second kappa shape index (κ2) is 5.77. The summed E-state index contributed by atoms with van der Waals surface area (Å²) >= 11 is 5.32. The maximum absolute atomic E-state index is 4.55. The standard InChI is InChI=1S/C15H17BrN4S/c1-9(2)20-15-11(7-18-20)6-12(8-17-15)19-10(3)14-13(16)4-5-21-14/h4-10,19H,1-3H3. The van der Waals surface area contributed by atoms with Crippen LogP contribution in [0.5, 0.6) is 0 Å². The Morgan fingerprint density at radius 2 is 2.10 bits per heavy atom. The molecule has 3 aromatic rings. The molecule has 0 aliphatic carbocycles. The number of hydrogen-bond donors (Lipinski definition) is 1. The normalized spacial score (nSPS) is 13.0. The zero-order valence-corrected chi connectivity index (χ0v) is 14.6. The lowest BCUT2D eigenvalue weighted by Crippen LogP contribution is -2.06. The Bertz CT molecular complexity index is 762. The van der Waals surface area contributed by atoms with Crippen molar-refractivity contribution in [1.29, 1.82) is 0 Å². The summed E-state index contributed by atoms with van der Waals surface area (Å²) in [5.41, 5.74) is 1.94. The van der Waals surface area contributed by atoms with Crippen LogP contribution in [0.2, 0.25) is 0 Å². The molecular formula is C15H17BrN4S. The molecule has 21 heavy (non-hydrogen) atoms. The van der Waals surface area contributed by atoms with E-state index in [0.29, 0.717) is 6.04 Å². The molecule has 0 saturated heterocycles. The molecule has 3 aromatic heterocycles. The molecule has 3 rings (SSSR count). The van der Waals surface area contributed by atoms with Gasteiger partial charge in [-0.25, -0.2) is 9.67 Å². The average molecular weight is 365 g/mol. The van der Waals surface area contributed by atoms with Gasteiger partial charge in [0.15, 0.2) is 5.65 Å². The van der Waals surface area contributed by atoms with Gasteiger partial charge in [0.2, 0.25) is 0 Å². The zero-order valence-electron chi connectivity index (χ0n) is 12.2. The van der Waals surface area contributed by atoms with Gasteiger partial charge in [-0.1, -0.05) is 0 Å². The van der Waals surface area contributed by atoms with Gasteiger partial charge < -0.3 is 5.32 Å². The lowest BCUT2D eigenvalue weighted by molar-refractivity contribution is 0.546. The molecule has 0 amide bonds. The van der Waals surface area contributed by atoms with E-state index in [1.54, 1.807) is 11.3 Å². The molecule has 0 fully saturated rings. The first-order chi connectivity index (χ1) is 10.1. The van der Waals surface area contributed by atoms with Crippen molar-refractivity contribution in [1.82, 2.24) is 14.8 Å². The highest BCUT2D eigenvalue weighted by Gasteiger charge is 2.12. The predicted molar refractivity (Wildman–Crippen MR) is 92.0 cm³/mol. The Morgan fingerprint density at radius 3 is 2.76 bits per heavy atom. The zero-order chi connectivity index (χ0) is 15.0. The Labute approximate surface area is 136 Å². The number of halogens is 1. The van der Waals surface area contributed by atoms with Crippen molar-refractivity contribution in [3.63, 3.8) is 0 Å². The molecule has 0 spiro atoms. The van der Waals surface area contributed by atoms with Crippen LogP contribution in [-0.2, 0) is 0 Å². The molecule has 6 heteroatoms. The first-order valence-electron chi connectivity index (χ1n) is 6.89. The summed E-state index contributed by atoms with van der Waals surface area (Å²) in [6.07, 6.45) is 3.75. The van der Waals surface area contributed by atoms with Crippen LogP contribution in [0.3, 0.4) is 0 Å². The summed E-state index contributed by atoms with van der Waals surface area (Å²) < 4.78 is 3.09. The van der Waals surface area contributed by atoms with Gasteiger partial charge in [0.25, 0.3) is 0 Å². The number of rotatable bonds is 4. The molecule has 0 aromatic carbocycles. The Balaban J connectivity index is 1.87. The minimum absolute atomic E-state index is 0.235. The molecule has 0 bridgehead atoms. The maximum atomic E-state index is 4.55. The van der Waals surface area contributed by atoms with Crippen molar-refractivity contribution in [2.45, 2.75) is 32.9 Å². The molecule has 0 aliphatic rings. The van der Waals surface area contributed by atoms with Crippen molar-refractivity contribution in [3.8, 4) is 0 Å². The Kier molecular flexibility index (Phi) is 3.99. The first kappa shape index (κ1) is 14.5. The summed E-state index contributed by atoms with van der Waals surface area (Å²) in [5, 5.41) is 11.0. The SMILES string of the molecule is CC(Nc1cnc2c(cnn2C(C)C)c1)c1sccc1Br. The van der Waals surface area contributed by atoms with E-state index in [0.717, 1.165) is 21.2 Å². The van der Waals surface area contributed by atoms with Gasteiger partial charge in [-0.3, -0.25) is 0 Å². The third-order valence-corrected chi connectivity index (χ3v) is 5.40. The highest BCUT2D eigenvalue weighted by molar-refractivity contribution is 9.10. The smallest absolute Gasteiger partial charge is 0.158 e. The van der Waals surface area contributed by atoms with Crippen LogP contribution in [0.4, 0.5) is 5.69 Å². The van der Waals surface area contributed by atoms with Gasteiger partial charge in [-0.15, -0.1) is 11.3 Å². The number of hydrogen-bond acceptors (Lipinski definition) is 4. The van der Waals surface area contributed by atoms with Crippen LogP contribution in [-0.4, -0.2) is 14.8 Å². The molecule has 4 nitrogen and oxygen atoms in total. The van der Waals surface area contributed by atoms with Gasteiger partial charge in [0.1, 0.15) is 0 Å². The van der Waals surface area contributed by atoms with Crippen molar-refractivity contribution in [3.05, 3.63) is 39.3 Å². The van der Waals surface area contributed by atoms with Crippen LogP contribution in [0.15, 0.2) is 34.4 Å². The van der Waals surface area contributed by atoms with Gasteiger partial charge in [-0.2, -0.15) is 5.10 Å². The van der Waals surface area contributed by atoms with Crippen LogP contribution in [0.1, 0.15) is 37.7 Å². The summed E-state index contributed by atoms with van der Waals surface area (Å²) in [5.74, 6) is 0. The van der Waals surface area contributed by atoms with Crippen molar-refractivity contribution in [2.24, 2.45) is 0 Å². The topological polar surface area (TPSA) is 42.7 Å². The fourth-order valence-electron chi connectivity index (χ4n) is 2.33. The van der Waals surface area contributed by atoms with Crippen molar-refractivity contribution >= 4 is 44.0 Å². The van der Waals surface area contributed by atoms with Crippen LogP contribution in [0.25, 0.3) is 11.0 Å². The van der Waals surface area contributed by atoms with Crippen LogP contribution >= 0.6 is 27.3 Å². The predicted octanol–water partition coefficient (Wildman–Crippen LogP) is 5.01. The Hall–Kier alpha value is -1.40. The summed E-state index contributed by atoms with van der Waals surface area (Å²) in [7, 11) is 0. The largest absolute Gasteiger partial charge is 0.376 e. The van der Waals surface area contributed by atoms with Gasteiger partial charge >= 0.3 is 0 Å². The fraction of sp³-hybridized carbons (Fsp3) is 0.333. The molecule has 0 saturated carbocycles. The minimum Gasteiger partial charge on any atom is -0.376 e. The highest BCUT2D eigenvalue weighted by Crippen LogP contribution is 2.31. The van der Waals surface area contributed by atoms with E-state index < -0.39 is 0 Å². The van der Waals surface area contributed by atoms with Crippen molar-refractivity contribution < 1.29 is 0 Å². The highest BCUT2D eigenvalue weighted by atomic mass is 79.9. The molecule has 1 N–H and O–H groups in total. The lowest BCUT2D eigenvalue weighted by atomic mass is 10.2. The van der Waals surface area contributed by atoms with E-state index in [-0.39, 0.29) is 6.04 Å². The number of anilines is 1. The number of nitrogens with one attached hydrogen (secondary N) is 1. The van der Waals surface area contributed by atoms with E-state index in [4.69, 9.17) is 0 Å². The third kappa shape index (κ3) is 2.82. The van der Waals surface area contributed by atoms with Gasteiger partial charge in [-0.05, 0) is 54.2 Å². The molecular weight excluding hydrogens is 348 g/mol. The van der Waals surface area contributed by atoms with E-state index in [2.05, 4.69) is 69.6 Å². The number of nitrogens with zero attached hydrogens (tertiary/aromatic N) is 3. The molecule has 110 valence electrons.